The molecule has 0 aromatic heterocycles. The minimum Gasteiger partial charge on any atom is -0.346 e. The molecule has 1 nitrogen and oxygen atoms in total. The molecule has 1 aliphatic heterocycles. The molecule has 40 valence electrons. The molecule has 1 heterocycles. The van der Waals surface area contributed by atoms with Gasteiger partial charge in [-0.15, -0.1) is 0 Å². The van der Waals surface area contributed by atoms with Gasteiger partial charge in [0.2, 0.25) is 0 Å². The van der Waals surface area contributed by atoms with Crippen LogP contribution >= 0.6 is 0 Å². The molecule has 0 aromatic rings. The van der Waals surface area contributed by atoms with Crippen LogP contribution in [0.3, 0.4) is 0 Å². The molecule has 0 radical (unpaired) electrons. The third kappa shape index (κ3) is 0.971. The summed E-state index contributed by atoms with van der Waals surface area (Å²) < 4.78 is 0. The van der Waals surface area contributed by atoms with Crippen LogP contribution in [0.1, 0.15) is 19.8 Å². The van der Waals surface area contributed by atoms with Gasteiger partial charge in [0.05, 0.1) is 0 Å². The van der Waals surface area contributed by atoms with E-state index in [0.29, 0.717) is 0 Å². The summed E-state index contributed by atoms with van der Waals surface area (Å²) >= 11 is 0. The van der Waals surface area contributed by atoms with Crippen molar-refractivity contribution in [1.82, 2.24) is 4.81 Å². The van der Waals surface area contributed by atoms with Gasteiger partial charge < -0.3 is 4.81 Å². The fraction of sp³-hybridized carbons (Fsp3) is 1.00. The molecule has 0 saturated carbocycles. The molecule has 1 unspecified atom stereocenters. The smallest absolute Gasteiger partial charge is 0.185 e. The van der Waals surface area contributed by atoms with Gasteiger partial charge in [0.25, 0.3) is 0 Å². The fourth-order valence-corrected chi connectivity index (χ4v) is 1.08. The summed E-state index contributed by atoms with van der Waals surface area (Å²) in [7, 11) is 2.19. The summed E-state index contributed by atoms with van der Waals surface area (Å²) in [5.74, 6) is 0. The van der Waals surface area contributed by atoms with E-state index in [9.17, 15) is 0 Å². The number of hydrogen-bond acceptors (Lipinski definition) is 1. The van der Waals surface area contributed by atoms with E-state index in [2.05, 4.69) is 19.7 Å². The summed E-state index contributed by atoms with van der Waals surface area (Å²) in [5.41, 5.74) is 0. The molecule has 0 aromatic carbocycles. The predicted molar refractivity (Wildman–Crippen MR) is 33.9 cm³/mol. The molecule has 0 N–H and O–H groups in total. The second-order valence-electron chi connectivity index (χ2n) is 2.47. The normalized spacial score (nSPS) is 34.1. The topological polar surface area (TPSA) is 3.24 Å². The van der Waals surface area contributed by atoms with Crippen molar-refractivity contribution < 1.29 is 0 Å². The van der Waals surface area contributed by atoms with Crippen molar-refractivity contribution in [2.75, 3.05) is 6.54 Å². The van der Waals surface area contributed by atoms with Gasteiger partial charge in [0.1, 0.15) is 0 Å². The minimum absolute atomic E-state index is 0.847. The summed E-state index contributed by atoms with van der Waals surface area (Å²) in [6.07, 6.45) is 2.80. The van der Waals surface area contributed by atoms with Crippen molar-refractivity contribution >= 4 is 7.98 Å². The van der Waals surface area contributed by atoms with E-state index < -0.39 is 0 Å². The van der Waals surface area contributed by atoms with Crippen molar-refractivity contribution in [2.24, 2.45) is 0 Å². The lowest BCUT2D eigenvalue weighted by atomic mass is 10.2. The summed E-state index contributed by atoms with van der Waals surface area (Å²) in [4.78, 5) is 2.40. The van der Waals surface area contributed by atoms with Crippen LogP contribution in [0.25, 0.3) is 0 Å². The Hall–Kier alpha value is 0.0249. The lowest BCUT2D eigenvalue weighted by molar-refractivity contribution is 0.449. The highest BCUT2D eigenvalue weighted by atomic mass is 15.1. The van der Waals surface area contributed by atoms with Crippen molar-refractivity contribution in [1.29, 1.82) is 0 Å². The Labute approximate surface area is 46.1 Å². The second-order valence-corrected chi connectivity index (χ2v) is 2.47. The Balaban J connectivity index is 2.33. The van der Waals surface area contributed by atoms with E-state index in [-0.39, 0.29) is 0 Å². The Morgan fingerprint density at radius 3 is 2.57 bits per heavy atom. The van der Waals surface area contributed by atoms with Crippen LogP contribution in [0, 0.1) is 0 Å². The summed E-state index contributed by atoms with van der Waals surface area (Å²) in [5, 5.41) is 0. The van der Waals surface area contributed by atoms with Gasteiger partial charge in [0.15, 0.2) is 7.98 Å². The molecule has 1 saturated heterocycles. The highest BCUT2D eigenvalue weighted by Gasteiger charge is 2.13. The first-order valence-corrected chi connectivity index (χ1v) is 3.01. The molecule has 7 heavy (non-hydrogen) atoms. The van der Waals surface area contributed by atoms with E-state index >= 15 is 0 Å². The Morgan fingerprint density at radius 2 is 2.43 bits per heavy atom. The molecule has 1 rings (SSSR count). The number of rotatable bonds is 0. The van der Waals surface area contributed by atoms with Crippen molar-refractivity contribution in [3.8, 4) is 0 Å². The fourth-order valence-electron chi connectivity index (χ4n) is 1.08. The minimum atomic E-state index is 0.847. The quantitative estimate of drug-likeness (QED) is 0.385. The third-order valence-corrected chi connectivity index (χ3v) is 1.89. The molecule has 0 amide bonds. The van der Waals surface area contributed by atoms with Crippen molar-refractivity contribution in [3.63, 3.8) is 0 Å². The summed E-state index contributed by atoms with van der Waals surface area (Å²) in [6, 6.07) is 0.847. The molecular weight excluding hydrogens is 84.9 g/mol. The largest absolute Gasteiger partial charge is 0.346 e. The van der Waals surface area contributed by atoms with Gasteiger partial charge >= 0.3 is 0 Å². The standard InChI is InChI=1S/C5H12BN/c1-5-3-2-4-7(5)6/h5H,2-4,6H2,1H3. The average Bonchev–Trinajstić information content (AvgIpc) is 1.91. The molecule has 2 heteroatoms. The van der Waals surface area contributed by atoms with Crippen molar-refractivity contribution in [2.45, 2.75) is 25.8 Å². The first-order chi connectivity index (χ1) is 3.30. The van der Waals surface area contributed by atoms with E-state index in [1.807, 2.05) is 0 Å². The van der Waals surface area contributed by atoms with E-state index in [0.717, 1.165) is 6.04 Å². The molecule has 0 spiro atoms. The maximum atomic E-state index is 2.40. The first-order valence-electron chi connectivity index (χ1n) is 3.01. The lowest BCUT2D eigenvalue weighted by Crippen LogP contribution is -2.22. The maximum absolute atomic E-state index is 2.40. The van der Waals surface area contributed by atoms with E-state index in [4.69, 9.17) is 0 Å². The monoisotopic (exact) mass is 97.1 g/mol. The van der Waals surface area contributed by atoms with Crippen LogP contribution in [0.2, 0.25) is 0 Å². The average molecular weight is 97.0 g/mol. The molecule has 1 fully saturated rings. The SMILES string of the molecule is BN1CCCC1C. The van der Waals surface area contributed by atoms with Crippen LogP contribution in [0.4, 0.5) is 0 Å². The van der Waals surface area contributed by atoms with Gasteiger partial charge in [0, 0.05) is 0 Å². The zero-order valence-electron chi connectivity index (χ0n) is 5.15. The van der Waals surface area contributed by atoms with Crippen LogP contribution < -0.4 is 0 Å². The van der Waals surface area contributed by atoms with Gasteiger partial charge in [-0.2, -0.15) is 0 Å². The zero-order chi connectivity index (χ0) is 5.28. The third-order valence-electron chi connectivity index (χ3n) is 1.89. The second kappa shape index (κ2) is 1.87. The lowest BCUT2D eigenvalue weighted by Gasteiger charge is -2.12. The van der Waals surface area contributed by atoms with Gasteiger partial charge in [-0.05, 0) is 25.4 Å². The van der Waals surface area contributed by atoms with Crippen molar-refractivity contribution in [3.05, 3.63) is 0 Å². The summed E-state index contributed by atoms with van der Waals surface area (Å²) in [6.45, 7) is 3.59. The molecule has 1 atom stereocenters. The van der Waals surface area contributed by atoms with Crippen LogP contribution in [0.5, 0.6) is 0 Å². The van der Waals surface area contributed by atoms with Crippen LogP contribution in [0.15, 0.2) is 0 Å². The van der Waals surface area contributed by atoms with E-state index in [1.165, 1.54) is 19.4 Å². The zero-order valence-corrected chi connectivity index (χ0v) is 5.15. The maximum Gasteiger partial charge on any atom is 0.185 e. The highest BCUT2D eigenvalue weighted by Crippen LogP contribution is 2.11. The van der Waals surface area contributed by atoms with E-state index in [1.54, 1.807) is 0 Å². The molecular formula is C5H12BN. The number of hydrogen-bond donors (Lipinski definition) is 0. The Bertz CT molecular complexity index is 57.1. The Kier molecular flexibility index (Phi) is 1.38. The molecule has 0 bridgehead atoms. The van der Waals surface area contributed by atoms with Gasteiger partial charge in [-0.1, -0.05) is 6.92 Å². The Morgan fingerprint density at radius 1 is 1.71 bits per heavy atom. The van der Waals surface area contributed by atoms with Gasteiger partial charge in [-0.25, -0.2) is 0 Å². The van der Waals surface area contributed by atoms with Crippen LogP contribution in [-0.4, -0.2) is 25.4 Å². The predicted octanol–water partition coefficient (Wildman–Crippen LogP) is 0.0188. The van der Waals surface area contributed by atoms with Crippen LogP contribution in [-0.2, 0) is 0 Å². The number of nitrogens with zero attached hydrogens (tertiary/aromatic N) is 1. The molecule has 1 aliphatic rings. The molecule has 0 aliphatic carbocycles. The van der Waals surface area contributed by atoms with Gasteiger partial charge in [-0.3, -0.25) is 0 Å². The first kappa shape index (κ1) is 5.17. The highest BCUT2D eigenvalue weighted by molar-refractivity contribution is 6.04.